The molecule has 11 aromatic rings. The van der Waals surface area contributed by atoms with Gasteiger partial charge in [0, 0.05) is 49.6 Å². The fraction of sp³-hybridized carbons (Fsp3) is 0.0189. The van der Waals surface area contributed by atoms with Crippen LogP contribution in [0.1, 0.15) is 12.7 Å². The lowest BCUT2D eigenvalue weighted by Gasteiger charge is -2.11. The number of aromatic nitrogens is 6. The van der Waals surface area contributed by atoms with Crippen LogP contribution < -0.4 is 0 Å². The summed E-state index contributed by atoms with van der Waals surface area (Å²) in [6, 6.07) is 57.9. The van der Waals surface area contributed by atoms with Gasteiger partial charge in [0.25, 0.3) is 0 Å². The van der Waals surface area contributed by atoms with Gasteiger partial charge < -0.3 is 9.13 Å². The SMILES string of the molecule is C=C/C=C\C=C(/C)c1nc(-c2ccccc2)nc(-c2ccc3nc(-c4cccc(-n5c6ccccc6c6cc7c8ccccc8n(-c8ccccc8)c7cc65)c4)sc3c2)n1. The monoisotopic (exact) mass is 788 g/mol. The lowest BCUT2D eigenvalue weighted by atomic mass is 10.1. The van der Waals surface area contributed by atoms with Crippen molar-refractivity contribution < 1.29 is 0 Å². The number of fused-ring (bicyclic) bond motifs is 7. The molecule has 0 bridgehead atoms. The molecular weight excluding hydrogens is 753 g/mol. The second-order valence-electron chi connectivity index (χ2n) is 14.8. The molecule has 4 aromatic heterocycles. The Balaban J connectivity index is 1.03. The molecule has 0 amide bonds. The molecule has 6 nitrogen and oxygen atoms in total. The Morgan fingerprint density at radius 1 is 0.500 bits per heavy atom. The summed E-state index contributed by atoms with van der Waals surface area (Å²) in [6.07, 6.45) is 7.58. The molecular formula is C53H36N6S. The minimum Gasteiger partial charge on any atom is -0.309 e. The van der Waals surface area contributed by atoms with E-state index in [9.17, 15) is 0 Å². The zero-order valence-corrected chi connectivity index (χ0v) is 33.5. The summed E-state index contributed by atoms with van der Waals surface area (Å²) in [5.74, 6) is 1.87. The Bertz CT molecular complexity index is 3520. The number of benzene rings is 7. The fourth-order valence-corrected chi connectivity index (χ4v) is 9.28. The van der Waals surface area contributed by atoms with Crippen LogP contribution in [0.15, 0.2) is 195 Å². The van der Waals surface area contributed by atoms with Crippen molar-refractivity contribution in [1.82, 2.24) is 29.1 Å². The molecule has 284 valence electrons. The molecule has 4 heterocycles. The van der Waals surface area contributed by atoms with Crippen LogP contribution in [0.2, 0.25) is 0 Å². The molecule has 0 aliphatic heterocycles. The fourth-order valence-electron chi connectivity index (χ4n) is 8.28. The first-order valence-electron chi connectivity index (χ1n) is 19.9. The lowest BCUT2D eigenvalue weighted by molar-refractivity contribution is 1.03. The van der Waals surface area contributed by atoms with Crippen molar-refractivity contribution >= 4 is 70.7 Å². The highest BCUT2D eigenvalue weighted by Crippen LogP contribution is 2.41. The van der Waals surface area contributed by atoms with E-state index < -0.39 is 0 Å². The highest BCUT2D eigenvalue weighted by atomic mass is 32.1. The average molecular weight is 789 g/mol. The molecule has 0 saturated carbocycles. The largest absolute Gasteiger partial charge is 0.309 e. The van der Waals surface area contributed by atoms with Crippen LogP contribution in [-0.4, -0.2) is 29.1 Å². The standard InChI is InChI=1S/C53H36N6S/c1-3-4-7-17-34(2)50-55-51(35-18-8-5-9-19-35)57-52(56-50)36-28-29-44-49(31-36)60-53(54-44)37-20-16-23-39(30-37)59-46-27-15-13-25-41(46)43-32-42-40-24-12-14-26-45(40)58(47(42)33-48(43)59)38-21-10-6-11-22-38/h3-33H,1H2,2H3/b7-4-,34-17+. The van der Waals surface area contributed by atoms with Crippen LogP contribution >= 0.6 is 11.3 Å². The maximum absolute atomic E-state index is 5.16. The van der Waals surface area contributed by atoms with Gasteiger partial charge >= 0.3 is 0 Å². The van der Waals surface area contributed by atoms with Crippen LogP contribution in [0.25, 0.3) is 104 Å². The smallest absolute Gasteiger partial charge is 0.164 e. The Hall–Kier alpha value is -7.74. The number of nitrogens with zero attached hydrogens (tertiary/aromatic N) is 6. The van der Waals surface area contributed by atoms with Gasteiger partial charge in [0.15, 0.2) is 17.5 Å². The third kappa shape index (κ3) is 6.03. The van der Waals surface area contributed by atoms with Gasteiger partial charge in [-0.3, -0.25) is 0 Å². The Kier molecular flexibility index (Phi) is 8.60. The highest BCUT2D eigenvalue weighted by molar-refractivity contribution is 7.21. The van der Waals surface area contributed by atoms with E-state index in [1.54, 1.807) is 17.4 Å². The molecule has 0 N–H and O–H groups in total. The van der Waals surface area contributed by atoms with Gasteiger partial charge in [-0.1, -0.05) is 128 Å². The second kappa shape index (κ2) is 14.6. The number of hydrogen-bond acceptors (Lipinski definition) is 5. The molecule has 0 saturated heterocycles. The minimum atomic E-state index is 0.616. The van der Waals surface area contributed by atoms with Gasteiger partial charge in [0.2, 0.25) is 0 Å². The molecule has 60 heavy (non-hydrogen) atoms. The minimum absolute atomic E-state index is 0.616. The number of thiazole rings is 1. The third-order valence-electron chi connectivity index (χ3n) is 11.1. The first-order chi connectivity index (χ1) is 29.6. The number of para-hydroxylation sites is 3. The van der Waals surface area contributed by atoms with Gasteiger partial charge in [0.05, 0.1) is 32.3 Å². The van der Waals surface area contributed by atoms with Crippen LogP contribution in [0.5, 0.6) is 0 Å². The van der Waals surface area contributed by atoms with Crippen LogP contribution in [-0.2, 0) is 0 Å². The number of hydrogen-bond donors (Lipinski definition) is 0. The summed E-state index contributed by atoms with van der Waals surface area (Å²) in [6.45, 7) is 5.80. The summed E-state index contributed by atoms with van der Waals surface area (Å²) in [7, 11) is 0. The molecule has 0 spiro atoms. The molecule has 7 heteroatoms. The van der Waals surface area contributed by atoms with Crippen molar-refractivity contribution in [3.63, 3.8) is 0 Å². The normalized spacial score (nSPS) is 12.2. The summed E-state index contributed by atoms with van der Waals surface area (Å²) >= 11 is 1.68. The van der Waals surface area contributed by atoms with Crippen molar-refractivity contribution in [3.8, 4) is 44.7 Å². The first kappa shape index (κ1) is 35.4. The van der Waals surface area contributed by atoms with Crippen LogP contribution in [0.3, 0.4) is 0 Å². The highest BCUT2D eigenvalue weighted by Gasteiger charge is 2.19. The summed E-state index contributed by atoms with van der Waals surface area (Å²) in [4.78, 5) is 19.9. The zero-order valence-electron chi connectivity index (χ0n) is 32.7. The molecule has 0 radical (unpaired) electrons. The Labute approximate surface area is 350 Å². The van der Waals surface area contributed by atoms with Crippen molar-refractivity contribution in [2.45, 2.75) is 6.92 Å². The van der Waals surface area contributed by atoms with Crippen molar-refractivity contribution in [1.29, 1.82) is 0 Å². The van der Waals surface area contributed by atoms with Gasteiger partial charge in [-0.05, 0) is 79.2 Å². The topological polar surface area (TPSA) is 61.4 Å². The van der Waals surface area contributed by atoms with E-state index in [-0.39, 0.29) is 0 Å². The van der Waals surface area contributed by atoms with Gasteiger partial charge in [-0.15, -0.1) is 11.3 Å². The van der Waals surface area contributed by atoms with Crippen molar-refractivity contribution in [2.24, 2.45) is 0 Å². The second-order valence-corrected chi connectivity index (χ2v) is 15.9. The molecule has 0 aliphatic carbocycles. The molecule has 0 aliphatic rings. The summed E-state index contributed by atoms with van der Waals surface area (Å²) in [5, 5.41) is 5.88. The predicted molar refractivity (Wildman–Crippen MR) is 251 cm³/mol. The van der Waals surface area contributed by atoms with E-state index in [4.69, 9.17) is 19.9 Å². The van der Waals surface area contributed by atoms with Crippen LogP contribution in [0.4, 0.5) is 0 Å². The van der Waals surface area contributed by atoms with E-state index in [1.807, 2.05) is 55.5 Å². The zero-order chi connectivity index (χ0) is 40.2. The van der Waals surface area contributed by atoms with Crippen molar-refractivity contribution in [2.75, 3.05) is 0 Å². The maximum atomic E-state index is 5.16. The number of rotatable bonds is 8. The van der Waals surface area contributed by atoms with Crippen LogP contribution in [0, 0.1) is 0 Å². The number of allylic oxidation sites excluding steroid dienone is 5. The van der Waals surface area contributed by atoms with Gasteiger partial charge in [-0.2, -0.15) is 0 Å². The third-order valence-corrected chi connectivity index (χ3v) is 12.2. The summed E-state index contributed by atoms with van der Waals surface area (Å²) < 4.78 is 5.85. The van der Waals surface area contributed by atoms with E-state index in [1.165, 1.54) is 32.6 Å². The van der Waals surface area contributed by atoms with Gasteiger partial charge in [-0.25, -0.2) is 19.9 Å². The first-order valence-corrected chi connectivity index (χ1v) is 20.7. The lowest BCUT2D eigenvalue weighted by Crippen LogP contribution is -2.01. The van der Waals surface area contributed by atoms with E-state index >= 15 is 0 Å². The van der Waals surface area contributed by atoms with Gasteiger partial charge in [0.1, 0.15) is 5.01 Å². The Morgan fingerprint density at radius 3 is 1.83 bits per heavy atom. The van der Waals surface area contributed by atoms with Crippen molar-refractivity contribution in [3.05, 3.63) is 200 Å². The molecule has 0 fully saturated rings. The van der Waals surface area contributed by atoms with E-state index in [0.717, 1.165) is 59.9 Å². The molecule has 0 unspecified atom stereocenters. The summed E-state index contributed by atoms with van der Waals surface area (Å²) in [5.41, 5.74) is 11.7. The Morgan fingerprint density at radius 2 is 1.12 bits per heavy atom. The van der Waals surface area contributed by atoms with E-state index in [0.29, 0.717) is 17.5 Å². The average Bonchev–Trinajstić information content (AvgIpc) is 3.98. The maximum Gasteiger partial charge on any atom is 0.164 e. The molecule has 11 rings (SSSR count). The molecule has 7 aromatic carbocycles. The molecule has 0 atom stereocenters. The van der Waals surface area contributed by atoms with E-state index in [2.05, 4.69) is 149 Å². The predicted octanol–water partition coefficient (Wildman–Crippen LogP) is 13.8. The quantitative estimate of drug-likeness (QED) is 0.144.